The summed E-state index contributed by atoms with van der Waals surface area (Å²) in [5.74, 6) is -0.167. The number of hydrogen-bond donors (Lipinski definition) is 0. The molecule has 0 fully saturated rings. The summed E-state index contributed by atoms with van der Waals surface area (Å²) in [6.07, 6.45) is 3.56. The summed E-state index contributed by atoms with van der Waals surface area (Å²) in [5, 5.41) is 15.6. The fraction of sp³-hybridized carbons (Fsp3) is 0.333. The third-order valence-corrected chi connectivity index (χ3v) is 4.10. The van der Waals surface area contributed by atoms with Crippen molar-refractivity contribution < 1.29 is 9.72 Å². The summed E-state index contributed by atoms with van der Waals surface area (Å²) in [5.41, 5.74) is 0.911. The number of anilines is 1. The van der Waals surface area contributed by atoms with Gasteiger partial charge in [0, 0.05) is 38.5 Å². The normalized spacial score (nSPS) is 10.6. The molecule has 0 aliphatic heterocycles. The van der Waals surface area contributed by atoms with Crippen LogP contribution in [0, 0.1) is 10.1 Å². The molecule has 2 aromatic heterocycles. The SMILES string of the molecule is CC(=O)c1cc([N+](=O)[O-])c(N(C)Cc2cnn(C)c2)s1. The molecule has 0 bridgehead atoms. The number of nitrogens with zero attached hydrogens (tertiary/aromatic N) is 4. The molecule has 0 aliphatic rings. The monoisotopic (exact) mass is 294 g/mol. The van der Waals surface area contributed by atoms with Crippen molar-refractivity contribution in [2.24, 2.45) is 7.05 Å². The first-order chi connectivity index (χ1) is 9.38. The third-order valence-electron chi connectivity index (χ3n) is 2.76. The molecule has 0 atom stereocenters. The Labute approximate surface area is 119 Å². The van der Waals surface area contributed by atoms with Gasteiger partial charge in [0.1, 0.15) is 0 Å². The van der Waals surface area contributed by atoms with Crippen LogP contribution in [0.15, 0.2) is 18.5 Å². The van der Waals surface area contributed by atoms with E-state index in [2.05, 4.69) is 5.10 Å². The van der Waals surface area contributed by atoms with E-state index in [4.69, 9.17) is 0 Å². The molecule has 7 nitrogen and oxygen atoms in total. The minimum atomic E-state index is -0.460. The zero-order chi connectivity index (χ0) is 14.9. The molecule has 0 radical (unpaired) electrons. The maximum atomic E-state index is 11.4. The molecule has 2 aromatic rings. The summed E-state index contributed by atoms with van der Waals surface area (Å²) in [6.45, 7) is 1.90. The van der Waals surface area contributed by atoms with Gasteiger partial charge in [0.15, 0.2) is 10.8 Å². The van der Waals surface area contributed by atoms with Gasteiger partial charge >= 0.3 is 5.69 Å². The first-order valence-electron chi connectivity index (χ1n) is 5.86. The Hall–Kier alpha value is -2.22. The van der Waals surface area contributed by atoms with Crippen LogP contribution in [0.3, 0.4) is 0 Å². The van der Waals surface area contributed by atoms with Gasteiger partial charge in [0.25, 0.3) is 0 Å². The van der Waals surface area contributed by atoms with Crippen LogP contribution in [-0.2, 0) is 13.6 Å². The number of aryl methyl sites for hydroxylation is 1. The number of aromatic nitrogens is 2. The summed E-state index contributed by atoms with van der Waals surface area (Å²) < 4.78 is 1.67. The molecule has 106 valence electrons. The van der Waals surface area contributed by atoms with E-state index in [1.807, 2.05) is 13.2 Å². The van der Waals surface area contributed by atoms with Crippen LogP contribution in [0.25, 0.3) is 0 Å². The van der Waals surface area contributed by atoms with E-state index < -0.39 is 4.92 Å². The first kappa shape index (κ1) is 14.2. The van der Waals surface area contributed by atoms with Crippen molar-refractivity contribution in [2.75, 3.05) is 11.9 Å². The largest absolute Gasteiger partial charge is 0.356 e. The Balaban J connectivity index is 2.30. The van der Waals surface area contributed by atoms with Crippen molar-refractivity contribution in [2.45, 2.75) is 13.5 Å². The second-order valence-electron chi connectivity index (χ2n) is 4.49. The number of nitro groups is 1. The zero-order valence-corrected chi connectivity index (χ0v) is 12.2. The standard InChI is InChI=1S/C12H14N4O3S/c1-8(17)11-4-10(16(18)19)12(20-11)14(2)6-9-5-13-15(3)7-9/h4-5,7H,6H2,1-3H3. The molecule has 0 spiro atoms. The molecule has 0 aliphatic carbocycles. The fourth-order valence-electron chi connectivity index (χ4n) is 1.85. The smallest absolute Gasteiger partial charge is 0.304 e. The molecular weight excluding hydrogens is 280 g/mol. The molecule has 0 saturated carbocycles. The highest BCUT2D eigenvalue weighted by Gasteiger charge is 2.23. The number of rotatable bonds is 5. The molecule has 0 unspecified atom stereocenters. The van der Waals surface area contributed by atoms with Crippen molar-refractivity contribution in [3.63, 3.8) is 0 Å². The number of ketones is 1. The molecule has 20 heavy (non-hydrogen) atoms. The predicted octanol–water partition coefficient (Wildman–Crippen LogP) is 2.23. The van der Waals surface area contributed by atoms with Gasteiger partial charge in [-0.15, -0.1) is 11.3 Å². The van der Waals surface area contributed by atoms with Gasteiger partial charge in [-0.3, -0.25) is 19.6 Å². The molecule has 2 rings (SSSR count). The molecule has 0 amide bonds. The lowest BCUT2D eigenvalue weighted by Gasteiger charge is -2.15. The highest BCUT2D eigenvalue weighted by molar-refractivity contribution is 7.18. The number of carbonyl (C=O) groups excluding carboxylic acids is 1. The quantitative estimate of drug-likeness (QED) is 0.480. The zero-order valence-electron chi connectivity index (χ0n) is 11.4. The fourth-order valence-corrected chi connectivity index (χ4v) is 2.83. The molecule has 2 heterocycles. The highest BCUT2D eigenvalue weighted by Crippen LogP contribution is 2.37. The summed E-state index contributed by atoms with van der Waals surface area (Å²) in [7, 11) is 3.57. The van der Waals surface area contributed by atoms with E-state index in [-0.39, 0.29) is 11.5 Å². The van der Waals surface area contributed by atoms with Gasteiger partial charge < -0.3 is 4.90 Å². The molecule has 0 aromatic carbocycles. The lowest BCUT2D eigenvalue weighted by Crippen LogP contribution is -2.15. The minimum Gasteiger partial charge on any atom is -0.356 e. The minimum absolute atomic E-state index is 0.0356. The van der Waals surface area contributed by atoms with E-state index in [0.29, 0.717) is 16.4 Å². The lowest BCUT2D eigenvalue weighted by atomic mass is 10.3. The number of hydrogen-bond acceptors (Lipinski definition) is 6. The predicted molar refractivity (Wildman–Crippen MR) is 76.3 cm³/mol. The Bertz CT molecular complexity index is 661. The first-order valence-corrected chi connectivity index (χ1v) is 6.68. The Kier molecular flexibility index (Phi) is 3.84. The van der Waals surface area contributed by atoms with Crippen LogP contribution in [0.2, 0.25) is 0 Å². The summed E-state index contributed by atoms with van der Waals surface area (Å²) >= 11 is 1.14. The van der Waals surface area contributed by atoms with Gasteiger partial charge in [-0.25, -0.2) is 0 Å². The van der Waals surface area contributed by atoms with Crippen molar-refractivity contribution in [1.82, 2.24) is 9.78 Å². The van der Waals surface area contributed by atoms with E-state index in [1.54, 1.807) is 22.8 Å². The Morgan fingerprint density at radius 1 is 1.60 bits per heavy atom. The lowest BCUT2D eigenvalue weighted by molar-refractivity contribution is -0.383. The average Bonchev–Trinajstić information content (AvgIpc) is 2.95. The van der Waals surface area contributed by atoms with Crippen molar-refractivity contribution in [3.05, 3.63) is 39.0 Å². The van der Waals surface area contributed by atoms with E-state index >= 15 is 0 Å². The topological polar surface area (TPSA) is 81.3 Å². The Morgan fingerprint density at radius 3 is 2.80 bits per heavy atom. The Morgan fingerprint density at radius 2 is 2.30 bits per heavy atom. The van der Waals surface area contributed by atoms with E-state index in [0.717, 1.165) is 16.9 Å². The maximum Gasteiger partial charge on any atom is 0.304 e. The number of Topliss-reactive ketones (excluding diaryl/α,β-unsaturated/α-hetero) is 1. The van der Waals surface area contributed by atoms with Crippen molar-refractivity contribution in [3.8, 4) is 0 Å². The van der Waals surface area contributed by atoms with Crippen LogP contribution in [0.5, 0.6) is 0 Å². The highest BCUT2D eigenvalue weighted by atomic mass is 32.1. The van der Waals surface area contributed by atoms with Gasteiger partial charge in [0.2, 0.25) is 0 Å². The van der Waals surface area contributed by atoms with Crippen LogP contribution in [0.4, 0.5) is 10.7 Å². The van der Waals surface area contributed by atoms with E-state index in [1.165, 1.54) is 13.0 Å². The second-order valence-corrected chi connectivity index (χ2v) is 5.52. The summed E-state index contributed by atoms with van der Waals surface area (Å²) in [6, 6.07) is 1.34. The van der Waals surface area contributed by atoms with Crippen molar-refractivity contribution in [1.29, 1.82) is 0 Å². The molecule has 8 heteroatoms. The molecular formula is C12H14N4O3S. The van der Waals surface area contributed by atoms with Gasteiger partial charge in [0.05, 0.1) is 16.0 Å². The van der Waals surface area contributed by atoms with Gasteiger partial charge in [-0.05, 0) is 6.92 Å². The van der Waals surface area contributed by atoms with Crippen LogP contribution in [-0.4, -0.2) is 27.5 Å². The third kappa shape index (κ3) is 2.85. The van der Waals surface area contributed by atoms with Crippen molar-refractivity contribution >= 4 is 27.8 Å². The van der Waals surface area contributed by atoms with E-state index in [9.17, 15) is 14.9 Å². The second kappa shape index (κ2) is 5.41. The summed E-state index contributed by atoms with van der Waals surface area (Å²) in [4.78, 5) is 24.1. The molecule has 0 N–H and O–H groups in total. The van der Waals surface area contributed by atoms with Crippen LogP contribution < -0.4 is 4.90 Å². The average molecular weight is 294 g/mol. The number of thiophene rings is 1. The van der Waals surface area contributed by atoms with Gasteiger partial charge in [-0.2, -0.15) is 5.10 Å². The maximum absolute atomic E-state index is 11.4. The number of carbonyl (C=O) groups is 1. The van der Waals surface area contributed by atoms with Crippen LogP contribution in [0.1, 0.15) is 22.2 Å². The van der Waals surface area contributed by atoms with Gasteiger partial charge in [-0.1, -0.05) is 0 Å². The molecule has 0 saturated heterocycles. The van der Waals surface area contributed by atoms with Crippen LogP contribution >= 0.6 is 11.3 Å².